The highest BCUT2D eigenvalue weighted by atomic mass is 16.5. The largest absolute Gasteiger partial charge is 0.456 e. The monoisotopic (exact) mass is 228 g/mol. The van der Waals surface area contributed by atoms with Gasteiger partial charge in [-0.2, -0.15) is 0 Å². The molecular weight excluding hydrogens is 206 g/mol. The highest BCUT2D eigenvalue weighted by Crippen LogP contribution is 2.10. The van der Waals surface area contributed by atoms with Gasteiger partial charge < -0.3 is 14.0 Å². The number of morpholine rings is 1. The summed E-state index contributed by atoms with van der Waals surface area (Å²) < 4.78 is 11.5. The van der Waals surface area contributed by atoms with Gasteiger partial charge >= 0.3 is 5.97 Å². The Labute approximate surface area is 97.4 Å². The molecule has 1 aliphatic rings. The quantitative estimate of drug-likeness (QED) is 0.399. The number of likely N-dealkylation sites (N-methyl/N-ethyl adjacent to an activating group) is 1. The van der Waals surface area contributed by atoms with Crippen LogP contribution >= 0.6 is 0 Å². The number of carbonyl (C=O) groups excluding carboxylic acids is 1. The molecule has 0 aromatic carbocycles. The fourth-order valence-corrected chi connectivity index (χ4v) is 1.88. The predicted octanol–water partition coefficient (Wildman–Crippen LogP) is 0.973. The molecule has 0 aromatic heterocycles. The smallest absolute Gasteiger partial charge is 0.333 e. The molecule has 4 nitrogen and oxygen atoms in total. The maximum absolute atomic E-state index is 11.2. The third kappa shape index (κ3) is 3.61. The Kier molecular flexibility index (Phi) is 4.96. The van der Waals surface area contributed by atoms with Crippen LogP contribution in [0.2, 0.25) is 0 Å². The molecule has 1 fully saturated rings. The topological polar surface area (TPSA) is 35.5 Å². The SMILES string of the molecule is C=C(C)C(=O)OCC[N+]1(CC)CCOCC1. The summed E-state index contributed by atoms with van der Waals surface area (Å²) in [6.07, 6.45) is 0. The minimum atomic E-state index is -0.289. The van der Waals surface area contributed by atoms with Crippen LogP contribution < -0.4 is 0 Å². The van der Waals surface area contributed by atoms with E-state index < -0.39 is 0 Å². The summed E-state index contributed by atoms with van der Waals surface area (Å²) in [5.74, 6) is -0.289. The molecule has 0 radical (unpaired) electrons. The van der Waals surface area contributed by atoms with Crippen molar-refractivity contribution in [1.29, 1.82) is 0 Å². The molecule has 1 aliphatic heterocycles. The summed E-state index contributed by atoms with van der Waals surface area (Å²) in [5, 5.41) is 0. The van der Waals surface area contributed by atoms with E-state index in [0.717, 1.165) is 43.9 Å². The number of nitrogens with zero attached hydrogens (tertiary/aromatic N) is 1. The minimum Gasteiger partial charge on any atom is -0.456 e. The average Bonchev–Trinajstić information content (AvgIpc) is 2.30. The summed E-state index contributed by atoms with van der Waals surface area (Å²) in [4.78, 5) is 11.2. The lowest BCUT2D eigenvalue weighted by molar-refractivity contribution is -0.933. The molecule has 1 saturated heterocycles. The van der Waals surface area contributed by atoms with Crippen molar-refractivity contribution >= 4 is 5.97 Å². The molecule has 0 spiro atoms. The summed E-state index contributed by atoms with van der Waals surface area (Å²) in [7, 11) is 0. The van der Waals surface area contributed by atoms with Gasteiger partial charge in [-0.1, -0.05) is 6.58 Å². The van der Waals surface area contributed by atoms with E-state index >= 15 is 0 Å². The Morgan fingerprint density at radius 1 is 1.44 bits per heavy atom. The van der Waals surface area contributed by atoms with Gasteiger partial charge in [-0.15, -0.1) is 0 Å². The second-order valence-corrected chi connectivity index (χ2v) is 4.36. The number of ether oxygens (including phenoxy) is 2. The van der Waals surface area contributed by atoms with Crippen LogP contribution in [-0.4, -0.2) is 56.5 Å². The lowest BCUT2D eigenvalue weighted by atomic mass is 10.3. The first kappa shape index (κ1) is 13.2. The maximum atomic E-state index is 11.2. The molecule has 0 amide bonds. The standard InChI is InChI=1S/C12H22NO3/c1-4-13(5-8-15-9-6-13)7-10-16-12(14)11(2)3/h2,4-10H2,1,3H3/q+1. The Bertz CT molecular complexity index is 257. The third-order valence-corrected chi connectivity index (χ3v) is 3.24. The average molecular weight is 228 g/mol. The molecule has 0 atom stereocenters. The first-order valence-corrected chi connectivity index (χ1v) is 5.85. The molecule has 16 heavy (non-hydrogen) atoms. The summed E-state index contributed by atoms with van der Waals surface area (Å²) >= 11 is 0. The van der Waals surface area contributed by atoms with Crippen LogP contribution in [0.5, 0.6) is 0 Å². The molecule has 0 aromatic rings. The van der Waals surface area contributed by atoms with Gasteiger partial charge in [0.25, 0.3) is 0 Å². The second kappa shape index (κ2) is 6.01. The van der Waals surface area contributed by atoms with E-state index in [4.69, 9.17) is 9.47 Å². The summed E-state index contributed by atoms with van der Waals surface area (Å²) in [6, 6.07) is 0. The van der Waals surface area contributed by atoms with Crippen LogP contribution in [0.25, 0.3) is 0 Å². The zero-order valence-electron chi connectivity index (χ0n) is 10.3. The molecule has 0 bridgehead atoms. The Hall–Kier alpha value is -0.870. The summed E-state index contributed by atoms with van der Waals surface area (Å²) in [6.45, 7) is 13.5. The van der Waals surface area contributed by atoms with E-state index in [1.807, 2.05) is 0 Å². The van der Waals surface area contributed by atoms with Gasteiger partial charge in [0, 0.05) is 5.57 Å². The zero-order chi connectivity index (χ0) is 12.0. The molecule has 92 valence electrons. The molecule has 4 heteroatoms. The molecule has 1 rings (SSSR count). The van der Waals surface area contributed by atoms with Gasteiger partial charge in [0.05, 0.1) is 19.8 Å². The Morgan fingerprint density at radius 2 is 2.06 bits per heavy atom. The summed E-state index contributed by atoms with van der Waals surface area (Å²) in [5.41, 5.74) is 0.463. The normalized spacial score (nSPS) is 19.1. The highest BCUT2D eigenvalue weighted by molar-refractivity contribution is 5.86. The van der Waals surface area contributed by atoms with E-state index in [1.54, 1.807) is 6.92 Å². The van der Waals surface area contributed by atoms with Gasteiger partial charge in [0.15, 0.2) is 0 Å². The van der Waals surface area contributed by atoms with Gasteiger partial charge in [0.2, 0.25) is 0 Å². The molecular formula is C12H22NO3+. The van der Waals surface area contributed by atoms with E-state index in [-0.39, 0.29) is 5.97 Å². The number of hydrogen-bond donors (Lipinski definition) is 0. The number of esters is 1. The number of carbonyl (C=O) groups is 1. The van der Waals surface area contributed by atoms with Crippen LogP contribution in [0.3, 0.4) is 0 Å². The lowest BCUT2D eigenvalue weighted by Gasteiger charge is -2.40. The van der Waals surface area contributed by atoms with E-state index in [9.17, 15) is 4.79 Å². The fourth-order valence-electron chi connectivity index (χ4n) is 1.88. The minimum absolute atomic E-state index is 0.289. The molecule has 0 N–H and O–H groups in total. The highest BCUT2D eigenvalue weighted by Gasteiger charge is 2.28. The number of quaternary nitrogens is 1. The van der Waals surface area contributed by atoms with Gasteiger partial charge in [-0.3, -0.25) is 0 Å². The van der Waals surface area contributed by atoms with E-state index in [0.29, 0.717) is 12.2 Å². The van der Waals surface area contributed by atoms with Crippen LogP contribution in [0.4, 0.5) is 0 Å². The van der Waals surface area contributed by atoms with Crippen molar-refractivity contribution in [2.24, 2.45) is 0 Å². The van der Waals surface area contributed by atoms with Crippen molar-refractivity contribution in [3.8, 4) is 0 Å². The number of hydrogen-bond acceptors (Lipinski definition) is 3. The molecule has 1 heterocycles. The van der Waals surface area contributed by atoms with E-state index in [1.165, 1.54) is 0 Å². The third-order valence-electron chi connectivity index (χ3n) is 3.24. The second-order valence-electron chi connectivity index (χ2n) is 4.36. The van der Waals surface area contributed by atoms with Gasteiger partial charge in [-0.25, -0.2) is 4.79 Å². The molecule has 0 unspecified atom stereocenters. The maximum Gasteiger partial charge on any atom is 0.333 e. The van der Waals surface area contributed by atoms with Gasteiger partial charge in [0.1, 0.15) is 26.2 Å². The van der Waals surface area contributed by atoms with Crippen LogP contribution in [0.15, 0.2) is 12.2 Å². The predicted molar refractivity (Wildman–Crippen MR) is 62.0 cm³/mol. The van der Waals surface area contributed by atoms with Crippen molar-refractivity contribution in [2.75, 3.05) is 46.0 Å². The Morgan fingerprint density at radius 3 is 2.56 bits per heavy atom. The van der Waals surface area contributed by atoms with Crippen LogP contribution in [0.1, 0.15) is 13.8 Å². The van der Waals surface area contributed by atoms with Crippen LogP contribution in [0, 0.1) is 0 Å². The van der Waals surface area contributed by atoms with Crippen molar-refractivity contribution in [2.45, 2.75) is 13.8 Å². The van der Waals surface area contributed by atoms with Crippen molar-refractivity contribution < 1.29 is 18.8 Å². The first-order chi connectivity index (χ1) is 7.59. The molecule has 0 saturated carbocycles. The van der Waals surface area contributed by atoms with Crippen molar-refractivity contribution in [3.63, 3.8) is 0 Å². The van der Waals surface area contributed by atoms with Crippen molar-refractivity contribution in [3.05, 3.63) is 12.2 Å². The zero-order valence-corrected chi connectivity index (χ0v) is 10.3. The first-order valence-electron chi connectivity index (χ1n) is 5.85. The van der Waals surface area contributed by atoms with Crippen molar-refractivity contribution in [1.82, 2.24) is 0 Å². The van der Waals surface area contributed by atoms with Gasteiger partial charge in [-0.05, 0) is 13.8 Å². The Balaban J connectivity index is 2.33. The fraction of sp³-hybridized carbons (Fsp3) is 0.750. The van der Waals surface area contributed by atoms with Crippen LogP contribution in [-0.2, 0) is 14.3 Å². The number of rotatable bonds is 5. The van der Waals surface area contributed by atoms with E-state index in [2.05, 4.69) is 13.5 Å². The molecule has 0 aliphatic carbocycles. The lowest BCUT2D eigenvalue weighted by Crippen LogP contribution is -2.56.